The van der Waals surface area contributed by atoms with Crippen LogP contribution in [0.4, 0.5) is 4.39 Å². The Bertz CT molecular complexity index is 572. The van der Waals surface area contributed by atoms with Gasteiger partial charge in [0.25, 0.3) is 0 Å². The number of hydrogen-bond acceptors (Lipinski definition) is 1. The standard InChI is InChI=1S/C13H8Cl3FO/c14-7-8-4-5-9(15)6-12(8)18-11-3-1-2-10(16)13(11)17/h1-6H,7H2. The van der Waals surface area contributed by atoms with Gasteiger partial charge in [-0.05, 0) is 24.3 Å². The number of halogens is 4. The summed E-state index contributed by atoms with van der Waals surface area (Å²) in [7, 11) is 0. The van der Waals surface area contributed by atoms with Crippen LogP contribution in [0.25, 0.3) is 0 Å². The maximum atomic E-state index is 13.7. The van der Waals surface area contributed by atoms with Gasteiger partial charge < -0.3 is 4.74 Å². The smallest absolute Gasteiger partial charge is 0.184 e. The zero-order valence-corrected chi connectivity index (χ0v) is 11.4. The minimum atomic E-state index is -0.611. The van der Waals surface area contributed by atoms with Crippen molar-refractivity contribution >= 4 is 34.8 Å². The van der Waals surface area contributed by atoms with Crippen molar-refractivity contribution in [3.05, 3.63) is 57.8 Å². The second-order valence-corrected chi connectivity index (χ2v) is 4.65. The molecule has 0 amide bonds. The molecular weight excluding hydrogens is 297 g/mol. The van der Waals surface area contributed by atoms with Crippen LogP contribution < -0.4 is 4.74 Å². The molecule has 0 saturated carbocycles. The van der Waals surface area contributed by atoms with Gasteiger partial charge in [-0.25, -0.2) is 4.39 Å². The summed E-state index contributed by atoms with van der Waals surface area (Å²) in [6.07, 6.45) is 0. The number of rotatable bonds is 3. The van der Waals surface area contributed by atoms with E-state index in [2.05, 4.69) is 0 Å². The molecule has 0 aliphatic rings. The van der Waals surface area contributed by atoms with Crippen LogP contribution in [0, 0.1) is 5.82 Å². The second kappa shape index (κ2) is 5.79. The van der Waals surface area contributed by atoms with Gasteiger partial charge in [0, 0.05) is 10.6 Å². The fourth-order valence-electron chi connectivity index (χ4n) is 1.42. The van der Waals surface area contributed by atoms with E-state index >= 15 is 0 Å². The zero-order valence-electron chi connectivity index (χ0n) is 9.09. The first-order chi connectivity index (χ1) is 8.61. The summed E-state index contributed by atoms with van der Waals surface area (Å²) >= 11 is 17.3. The number of hydrogen-bond donors (Lipinski definition) is 0. The molecule has 0 saturated heterocycles. The summed E-state index contributed by atoms with van der Waals surface area (Å²) in [6.45, 7) is 0. The quantitative estimate of drug-likeness (QED) is 0.664. The van der Waals surface area contributed by atoms with E-state index in [1.807, 2.05) is 0 Å². The molecule has 1 nitrogen and oxygen atoms in total. The van der Waals surface area contributed by atoms with Crippen molar-refractivity contribution in [1.29, 1.82) is 0 Å². The molecule has 0 radical (unpaired) electrons. The molecule has 94 valence electrons. The Morgan fingerprint density at radius 3 is 2.56 bits per heavy atom. The molecule has 0 aliphatic carbocycles. The Hall–Kier alpha value is -0.960. The lowest BCUT2D eigenvalue weighted by molar-refractivity contribution is 0.439. The summed E-state index contributed by atoms with van der Waals surface area (Å²) in [5, 5.41) is 0.489. The van der Waals surface area contributed by atoms with Crippen LogP contribution in [-0.4, -0.2) is 0 Å². The van der Waals surface area contributed by atoms with Crippen molar-refractivity contribution in [3.63, 3.8) is 0 Å². The lowest BCUT2D eigenvalue weighted by Crippen LogP contribution is -1.92. The van der Waals surface area contributed by atoms with E-state index in [1.165, 1.54) is 12.1 Å². The largest absolute Gasteiger partial charge is 0.454 e. The van der Waals surface area contributed by atoms with Crippen molar-refractivity contribution in [3.8, 4) is 11.5 Å². The highest BCUT2D eigenvalue weighted by atomic mass is 35.5. The highest BCUT2D eigenvalue weighted by Gasteiger charge is 2.11. The molecule has 18 heavy (non-hydrogen) atoms. The lowest BCUT2D eigenvalue weighted by Gasteiger charge is -2.11. The Morgan fingerprint density at radius 2 is 1.83 bits per heavy atom. The van der Waals surface area contributed by atoms with Crippen molar-refractivity contribution in [2.24, 2.45) is 0 Å². The average molecular weight is 306 g/mol. The van der Waals surface area contributed by atoms with Gasteiger partial charge in [0.05, 0.1) is 10.9 Å². The van der Waals surface area contributed by atoms with Crippen LogP contribution in [0.2, 0.25) is 10.0 Å². The highest BCUT2D eigenvalue weighted by Crippen LogP contribution is 2.32. The molecule has 0 aliphatic heterocycles. The molecule has 2 rings (SSSR count). The Balaban J connectivity index is 2.39. The normalized spacial score (nSPS) is 10.4. The van der Waals surface area contributed by atoms with E-state index in [9.17, 15) is 4.39 Å². The predicted octanol–water partition coefficient (Wildman–Crippen LogP) is 5.66. The SMILES string of the molecule is Fc1c(Cl)cccc1Oc1cc(Cl)ccc1CCl. The first kappa shape index (κ1) is 13.5. The van der Waals surface area contributed by atoms with Crippen LogP contribution in [0.3, 0.4) is 0 Å². The van der Waals surface area contributed by atoms with Crippen molar-refractivity contribution in [1.82, 2.24) is 0 Å². The van der Waals surface area contributed by atoms with Crippen molar-refractivity contribution in [2.45, 2.75) is 5.88 Å². The minimum absolute atomic E-state index is 0.00181. The minimum Gasteiger partial charge on any atom is -0.454 e. The molecule has 0 heterocycles. The first-order valence-electron chi connectivity index (χ1n) is 5.08. The van der Waals surface area contributed by atoms with Crippen LogP contribution in [-0.2, 0) is 5.88 Å². The molecular formula is C13H8Cl3FO. The van der Waals surface area contributed by atoms with Crippen LogP contribution >= 0.6 is 34.8 Å². The van der Waals surface area contributed by atoms with Crippen molar-refractivity contribution in [2.75, 3.05) is 0 Å². The molecule has 0 aromatic heterocycles. The van der Waals surface area contributed by atoms with E-state index in [0.29, 0.717) is 10.8 Å². The summed E-state index contributed by atoms with van der Waals surface area (Å²) in [4.78, 5) is 0. The van der Waals surface area contributed by atoms with E-state index in [0.717, 1.165) is 5.56 Å². The van der Waals surface area contributed by atoms with Gasteiger partial charge in [0.15, 0.2) is 11.6 Å². The second-order valence-electron chi connectivity index (χ2n) is 3.54. The van der Waals surface area contributed by atoms with E-state index in [4.69, 9.17) is 39.5 Å². The lowest BCUT2D eigenvalue weighted by atomic mass is 10.2. The average Bonchev–Trinajstić information content (AvgIpc) is 2.35. The van der Waals surface area contributed by atoms with Gasteiger partial charge in [-0.2, -0.15) is 0 Å². The van der Waals surface area contributed by atoms with Crippen LogP contribution in [0.1, 0.15) is 5.56 Å². The molecule has 0 unspecified atom stereocenters. The number of benzene rings is 2. The number of alkyl halides is 1. The topological polar surface area (TPSA) is 9.23 Å². The third kappa shape index (κ3) is 2.89. The van der Waals surface area contributed by atoms with Crippen LogP contribution in [0.5, 0.6) is 11.5 Å². The summed E-state index contributed by atoms with van der Waals surface area (Å²) in [6, 6.07) is 9.54. The highest BCUT2D eigenvalue weighted by molar-refractivity contribution is 6.31. The molecule has 2 aromatic rings. The van der Waals surface area contributed by atoms with Gasteiger partial charge in [0.1, 0.15) is 5.75 Å². The molecule has 0 spiro atoms. The molecule has 0 bridgehead atoms. The molecule has 5 heteroatoms. The summed E-state index contributed by atoms with van der Waals surface area (Å²) < 4.78 is 19.2. The van der Waals surface area contributed by atoms with E-state index in [1.54, 1.807) is 24.3 Å². The molecule has 0 N–H and O–H groups in total. The Morgan fingerprint density at radius 1 is 1.06 bits per heavy atom. The fraction of sp³-hybridized carbons (Fsp3) is 0.0769. The van der Waals surface area contributed by atoms with Crippen molar-refractivity contribution < 1.29 is 9.13 Å². The van der Waals surface area contributed by atoms with Gasteiger partial charge in [-0.15, -0.1) is 11.6 Å². The van der Waals surface area contributed by atoms with Gasteiger partial charge in [0.2, 0.25) is 0 Å². The number of ether oxygens (including phenoxy) is 1. The van der Waals surface area contributed by atoms with Gasteiger partial charge in [-0.1, -0.05) is 35.3 Å². The van der Waals surface area contributed by atoms with E-state index in [-0.39, 0.29) is 16.7 Å². The summed E-state index contributed by atoms with van der Waals surface area (Å²) in [5.74, 6) is 0.0868. The van der Waals surface area contributed by atoms with E-state index < -0.39 is 5.82 Å². The maximum Gasteiger partial charge on any atom is 0.184 e. The first-order valence-corrected chi connectivity index (χ1v) is 6.37. The Kier molecular flexibility index (Phi) is 4.33. The monoisotopic (exact) mass is 304 g/mol. The zero-order chi connectivity index (χ0) is 13.1. The predicted molar refractivity (Wildman–Crippen MR) is 72.5 cm³/mol. The van der Waals surface area contributed by atoms with Gasteiger partial charge >= 0.3 is 0 Å². The fourth-order valence-corrected chi connectivity index (χ4v) is 1.96. The molecule has 2 aromatic carbocycles. The summed E-state index contributed by atoms with van der Waals surface area (Å²) in [5.41, 5.74) is 0.723. The third-order valence-electron chi connectivity index (χ3n) is 2.31. The van der Waals surface area contributed by atoms with Crippen LogP contribution in [0.15, 0.2) is 36.4 Å². The molecule has 0 fully saturated rings. The third-order valence-corrected chi connectivity index (χ3v) is 3.12. The Labute approximate surface area is 119 Å². The maximum absolute atomic E-state index is 13.7. The molecule has 0 atom stereocenters. The van der Waals surface area contributed by atoms with Gasteiger partial charge in [-0.3, -0.25) is 0 Å².